The molecule has 0 N–H and O–H groups in total. The van der Waals surface area contributed by atoms with Crippen molar-refractivity contribution in [1.82, 2.24) is 0 Å². The third kappa shape index (κ3) is 9.14. The summed E-state index contributed by atoms with van der Waals surface area (Å²) in [6.45, 7) is 18.0. The average molecular weight is 417 g/mol. The van der Waals surface area contributed by atoms with Crippen molar-refractivity contribution >= 4 is 0 Å². The Balaban J connectivity index is -0.000000346. The first-order valence-electron chi connectivity index (χ1n) is 8.87. The number of hydrogen-bond donors (Lipinski definition) is 0. The predicted octanol–water partition coefficient (Wildman–Crippen LogP) is 0.722. The topological polar surface area (TPSA) is 0 Å². The van der Waals surface area contributed by atoms with Gasteiger partial charge in [-0.1, -0.05) is 79.1 Å². The maximum atomic E-state index is 3.41. The summed E-state index contributed by atoms with van der Waals surface area (Å²) in [5, 5.41) is 0. The fourth-order valence-corrected chi connectivity index (χ4v) is 3.13. The third-order valence-corrected chi connectivity index (χ3v) is 4.25. The molecule has 0 saturated carbocycles. The van der Waals surface area contributed by atoms with E-state index in [9.17, 15) is 0 Å². The summed E-state index contributed by atoms with van der Waals surface area (Å²) in [7, 11) is 0. The molecule has 0 aromatic carbocycles. The molecular weight excluding hydrogens is 383 g/mol. The molecule has 0 nitrogen and oxygen atoms in total. The van der Waals surface area contributed by atoms with Gasteiger partial charge in [-0.25, -0.2) is 11.1 Å². The van der Waals surface area contributed by atoms with Gasteiger partial charge in [-0.05, 0) is 0 Å². The first-order chi connectivity index (χ1) is 10.3. The van der Waals surface area contributed by atoms with Crippen LogP contribution in [-0.4, -0.2) is 0 Å². The maximum Gasteiger partial charge on any atom is 4.00 e. The predicted molar refractivity (Wildman–Crippen MR) is 98.3 cm³/mol. The normalized spacial score (nSPS) is 15.5. The quantitative estimate of drug-likeness (QED) is 0.468. The fraction of sp³-hybridized carbons (Fsp3) is 0.636. The van der Waals surface area contributed by atoms with Crippen molar-refractivity contribution in [3.8, 4) is 0 Å². The minimum Gasteiger partial charge on any atom is -1.00 e. The second kappa shape index (κ2) is 14.3. The number of allylic oxidation sites excluding steroid dienone is 8. The molecule has 0 radical (unpaired) electrons. The van der Waals surface area contributed by atoms with Crippen molar-refractivity contribution < 1.29 is 46.5 Å². The Morgan fingerprint density at radius 3 is 1.04 bits per heavy atom. The second-order valence-corrected chi connectivity index (χ2v) is 7.53. The molecule has 2 aliphatic rings. The molecule has 3 heteroatoms. The van der Waals surface area contributed by atoms with Gasteiger partial charge in [0.25, 0.3) is 0 Å². The number of hydrogen-bond acceptors (Lipinski definition) is 0. The Hall–Kier alpha value is 0.254. The van der Waals surface area contributed by atoms with Crippen molar-refractivity contribution in [2.75, 3.05) is 0 Å². The standard InChI is InChI=1S/2C11H17.2ClH.Ti/c2*1-8(2)10-6-5-7-11(10)9(3)4;;;/h2*6,8-9H,5H2,1-4H3;2*1H;/q2*-1;;;+4/p-2. The summed E-state index contributed by atoms with van der Waals surface area (Å²) >= 11 is 0. The van der Waals surface area contributed by atoms with Crippen molar-refractivity contribution in [3.63, 3.8) is 0 Å². The van der Waals surface area contributed by atoms with Crippen LogP contribution in [0.1, 0.15) is 68.2 Å². The molecule has 0 aromatic heterocycles. The van der Waals surface area contributed by atoms with E-state index in [-0.39, 0.29) is 46.5 Å². The van der Waals surface area contributed by atoms with Crippen LogP contribution in [0.15, 0.2) is 34.4 Å². The summed E-state index contributed by atoms with van der Waals surface area (Å²) in [6, 6.07) is 0. The van der Waals surface area contributed by atoms with Crippen LogP contribution in [0.5, 0.6) is 0 Å². The number of halogens is 2. The average Bonchev–Trinajstić information content (AvgIpc) is 3.08. The van der Waals surface area contributed by atoms with Crippen LogP contribution in [0.2, 0.25) is 0 Å². The van der Waals surface area contributed by atoms with Gasteiger partial charge in [0.15, 0.2) is 0 Å². The molecule has 0 spiro atoms. The van der Waals surface area contributed by atoms with Crippen LogP contribution < -0.4 is 24.8 Å². The van der Waals surface area contributed by atoms with Crippen molar-refractivity contribution in [3.05, 3.63) is 46.6 Å². The zero-order valence-corrected chi connectivity index (χ0v) is 20.2. The Kier molecular flexibility index (Phi) is 17.2. The van der Waals surface area contributed by atoms with Crippen LogP contribution in [-0.2, 0) is 21.7 Å². The zero-order valence-electron chi connectivity index (χ0n) is 17.1. The Labute approximate surface area is 184 Å². The maximum absolute atomic E-state index is 3.41. The molecule has 0 unspecified atom stereocenters. The largest absolute Gasteiger partial charge is 4.00 e. The Morgan fingerprint density at radius 1 is 0.600 bits per heavy atom. The van der Waals surface area contributed by atoms with Crippen LogP contribution in [0.25, 0.3) is 0 Å². The van der Waals surface area contributed by atoms with Crippen LogP contribution >= 0.6 is 0 Å². The summed E-state index contributed by atoms with van der Waals surface area (Å²) in [4.78, 5) is 0. The van der Waals surface area contributed by atoms with Gasteiger partial charge >= 0.3 is 21.7 Å². The third-order valence-electron chi connectivity index (χ3n) is 4.25. The molecule has 0 heterocycles. The van der Waals surface area contributed by atoms with E-state index in [0.29, 0.717) is 23.7 Å². The van der Waals surface area contributed by atoms with E-state index in [2.05, 4.69) is 79.7 Å². The van der Waals surface area contributed by atoms with Gasteiger partial charge in [-0.2, -0.15) is 23.3 Å². The molecule has 0 amide bonds. The molecule has 0 saturated heterocycles. The van der Waals surface area contributed by atoms with E-state index in [1.54, 1.807) is 0 Å². The van der Waals surface area contributed by atoms with Gasteiger partial charge in [0.05, 0.1) is 0 Å². The molecule has 0 atom stereocenters. The molecule has 2 rings (SSSR count). The Morgan fingerprint density at radius 2 is 0.880 bits per heavy atom. The number of rotatable bonds is 4. The Bertz CT molecular complexity index is 402. The van der Waals surface area contributed by atoms with Gasteiger partial charge in [0.2, 0.25) is 0 Å². The van der Waals surface area contributed by atoms with Crippen molar-refractivity contribution in [2.24, 2.45) is 23.7 Å². The van der Waals surface area contributed by atoms with Gasteiger partial charge in [-0.15, -0.1) is 12.8 Å². The molecule has 0 bridgehead atoms. The molecule has 0 aromatic rings. The monoisotopic (exact) mass is 416 g/mol. The SMILES string of the molecule is CC(C)C1=[C-]CC=C1C(C)C.CC(C)C1=[C-]CC=C1C(C)C.[Cl-].[Cl-].[Ti+4]. The van der Waals surface area contributed by atoms with Crippen LogP contribution in [0.3, 0.4) is 0 Å². The second-order valence-electron chi connectivity index (χ2n) is 7.53. The van der Waals surface area contributed by atoms with Crippen molar-refractivity contribution in [2.45, 2.75) is 68.2 Å². The van der Waals surface area contributed by atoms with E-state index in [4.69, 9.17) is 0 Å². The van der Waals surface area contributed by atoms with E-state index in [1.807, 2.05) is 0 Å². The van der Waals surface area contributed by atoms with E-state index >= 15 is 0 Å². The van der Waals surface area contributed by atoms with Crippen LogP contribution in [0, 0.1) is 35.8 Å². The van der Waals surface area contributed by atoms with E-state index in [1.165, 1.54) is 22.3 Å². The fourth-order valence-electron chi connectivity index (χ4n) is 3.13. The summed E-state index contributed by atoms with van der Waals surface area (Å²) in [6.07, 6.45) is 13.5. The minimum absolute atomic E-state index is 0. The summed E-state index contributed by atoms with van der Waals surface area (Å²) in [5.74, 6) is 2.63. The molecule has 140 valence electrons. The first kappa shape index (κ1) is 30.0. The van der Waals surface area contributed by atoms with Crippen molar-refractivity contribution in [1.29, 1.82) is 0 Å². The van der Waals surface area contributed by atoms with Crippen LogP contribution in [0.4, 0.5) is 0 Å². The molecule has 2 aliphatic carbocycles. The molecule has 0 fully saturated rings. The van der Waals surface area contributed by atoms with Gasteiger partial charge in [0.1, 0.15) is 0 Å². The molecular formula is C22H34Cl2Ti. The summed E-state index contributed by atoms with van der Waals surface area (Å²) in [5.41, 5.74) is 5.92. The van der Waals surface area contributed by atoms with E-state index < -0.39 is 0 Å². The van der Waals surface area contributed by atoms with Gasteiger partial charge < -0.3 is 24.8 Å². The van der Waals surface area contributed by atoms with Gasteiger partial charge in [0, 0.05) is 0 Å². The first-order valence-corrected chi connectivity index (χ1v) is 8.87. The molecule has 0 aliphatic heterocycles. The minimum atomic E-state index is 0. The van der Waals surface area contributed by atoms with E-state index in [0.717, 1.165) is 12.8 Å². The van der Waals surface area contributed by atoms with Gasteiger partial charge in [-0.3, -0.25) is 12.2 Å². The summed E-state index contributed by atoms with van der Waals surface area (Å²) < 4.78 is 0. The zero-order chi connectivity index (χ0) is 16.9. The molecule has 25 heavy (non-hydrogen) atoms. The smallest absolute Gasteiger partial charge is 1.00 e.